The lowest BCUT2D eigenvalue weighted by molar-refractivity contribution is 0.414. The van der Waals surface area contributed by atoms with Gasteiger partial charge in [-0.2, -0.15) is 0 Å². The fourth-order valence-electron chi connectivity index (χ4n) is 4.27. The first kappa shape index (κ1) is 17.1. The van der Waals surface area contributed by atoms with E-state index in [9.17, 15) is 0 Å². The van der Waals surface area contributed by atoms with Gasteiger partial charge in [0.2, 0.25) is 0 Å². The zero-order valence-electron chi connectivity index (χ0n) is 15.6. The number of benzene rings is 3. The third-order valence-electron chi connectivity index (χ3n) is 5.96. The van der Waals surface area contributed by atoms with Crippen LogP contribution in [0.25, 0.3) is 0 Å². The molecule has 3 aromatic carbocycles. The SMILES string of the molecule is COc1ccc([C@@H]2C[C@@H]2C[Si](C)(c2ccccc2)c2ccccc2)cc1. The first-order valence-electron chi connectivity index (χ1n) is 9.46. The van der Waals surface area contributed by atoms with E-state index in [2.05, 4.69) is 91.5 Å². The van der Waals surface area contributed by atoms with Gasteiger partial charge in [0.05, 0.1) is 7.11 Å². The Kier molecular flexibility index (Phi) is 4.69. The highest BCUT2D eigenvalue weighted by atomic mass is 28.3. The Bertz CT molecular complexity index is 803. The molecule has 3 aromatic rings. The first-order chi connectivity index (χ1) is 12.7. The fourth-order valence-corrected chi connectivity index (χ4v) is 8.43. The average molecular weight is 359 g/mol. The fraction of sp³-hybridized carbons (Fsp3) is 0.250. The molecule has 2 atom stereocenters. The predicted molar refractivity (Wildman–Crippen MR) is 112 cm³/mol. The molecule has 1 fully saturated rings. The molecule has 2 heteroatoms. The van der Waals surface area contributed by atoms with Crippen LogP contribution in [-0.2, 0) is 0 Å². The van der Waals surface area contributed by atoms with Gasteiger partial charge in [0.1, 0.15) is 13.8 Å². The molecule has 0 saturated heterocycles. The molecule has 1 saturated carbocycles. The van der Waals surface area contributed by atoms with Crippen molar-refractivity contribution in [3.63, 3.8) is 0 Å². The standard InChI is InChI=1S/C24H26OSi/c1-25-21-15-13-19(14-16-21)24-17-20(24)18-26(2,22-9-5-3-6-10-22)23-11-7-4-8-12-23/h3-16,20,24H,17-18H2,1-2H3/t20-,24+/m1/s1. The third-order valence-corrected chi connectivity index (χ3v) is 10.5. The van der Waals surface area contributed by atoms with Crippen LogP contribution in [0.3, 0.4) is 0 Å². The summed E-state index contributed by atoms with van der Waals surface area (Å²) in [5.41, 5.74) is 1.47. The van der Waals surface area contributed by atoms with Gasteiger partial charge in [-0.1, -0.05) is 89.7 Å². The number of methoxy groups -OCH3 is 1. The molecule has 0 heterocycles. The molecule has 0 N–H and O–H groups in total. The van der Waals surface area contributed by atoms with Gasteiger partial charge in [-0.3, -0.25) is 0 Å². The zero-order chi connectivity index (χ0) is 18.0. The highest BCUT2D eigenvalue weighted by Gasteiger charge is 2.45. The monoisotopic (exact) mass is 358 g/mol. The molecule has 0 amide bonds. The maximum absolute atomic E-state index is 5.30. The lowest BCUT2D eigenvalue weighted by atomic mass is 10.1. The maximum atomic E-state index is 5.30. The van der Waals surface area contributed by atoms with Crippen molar-refractivity contribution in [1.29, 1.82) is 0 Å². The summed E-state index contributed by atoms with van der Waals surface area (Å²) in [6.45, 7) is 2.54. The van der Waals surface area contributed by atoms with Crippen LogP contribution in [0.15, 0.2) is 84.9 Å². The van der Waals surface area contributed by atoms with Crippen molar-refractivity contribution in [1.82, 2.24) is 0 Å². The second-order valence-electron chi connectivity index (χ2n) is 7.64. The third kappa shape index (κ3) is 3.34. The van der Waals surface area contributed by atoms with Crippen LogP contribution in [0.5, 0.6) is 5.75 Å². The van der Waals surface area contributed by atoms with Crippen molar-refractivity contribution in [2.45, 2.75) is 24.9 Å². The minimum atomic E-state index is -1.72. The van der Waals surface area contributed by atoms with Crippen molar-refractivity contribution in [2.75, 3.05) is 7.11 Å². The van der Waals surface area contributed by atoms with Crippen LogP contribution in [-0.4, -0.2) is 15.2 Å². The Hall–Kier alpha value is -2.32. The molecule has 1 aliphatic rings. The van der Waals surface area contributed by atoms with Crippen LogP contribution < -0.4 is 15.1 Å². The summed E-state index contributed by atoms with van der Waals surface area (Å²) in [7, 11) is 0.00849. The smallest absolute Gasteiger partial charge is 0.118 e. The molecular formula is C24H26OSi. The van der Waals surface area contributed by atoms with Crippen molar-refractivity contribution in [2.24, 2.45) is 5.92 Å². The Morgan fingerprint density at radius 1 is 0.808 bits per heavy atom. The lowest BCUT2D eigenvalue weighted by Gasteiger charge is -2.29. The van der Waals surface area contributed by atoms with Gasteiger partial charge in [0, 0.05) is 0 Å². The summed E-state index contributed by atoms with van der Waals surface area (Å²) < 4.78 is 5.30. The molecule has 0 spiro atoms. The van der Waals surface area contributed by atoms with E-state index in [-0.39, 0.29) is 0 Å². The number of hydrogen-bond donors (Lipinski definition) is 0. The predicted octanol–water partition coefficient (Wildman–Crippen LogP) is 4.69. The lowest BCUT2D eigenvalue weighted by Crippen LogP contribution is -2.55. The average Bonchev–Trinajstić information content (AvgIpc) is 3.48. The zero-order valence-corrected chi connectivity index (χ0v) is 16.6. The molecule has 1 nitrogen and oxygen atoms in total. The number of hydrogen-bond acceptors (Lipinski definition) is 1. The second kappa shape index (κ2) is 7.12. The van der Waals surface area contributed by atoms with Gasteiger partial charge in [0.25, 0.3) is 0 Å². The Balaban J connectivity index is 1.59. The minimum Gasteiger partial charge on any atom is -0.497 e. The minimum absolute atomic E-state index is 0.708. The molecule has 26 heavy (non-hydrogen) atoms. The van der Waals surface area contributed by atoms with E-state index in [0.717, 1.165) is 11.7 Å². The van der Waals surface area contributed by atoms with Crippen molar-refractivity contribution >= 4 is 18.4 Å². The van der Waals surface area contributed by atoms with Crippen molar-refractivity contribution in [3.8, 4) is 5.75 Å². The quantitative estimate of drug-likeness (QED) is 0.581. The molecule has 0 bridgehead atoms. The van der Waals surface area contributed by atoms with Gasteiger partial charge >= 0.3 is 0 Å². The molecule has 0 aliphatic heterocycles. The summed E-state index contributed by atoms with van der Waals surface area (Å²) in [6.07, 6.45) is 1.31. The van der Waals surface area contributed by atoms with Gasteiger partial charge in [0.15, 0.2) is 0 Å². The first-order valence-corrected chi connectivity index (χ1v) is 12.2. The van der Waals surface area contributed by atoms with Crippen molar-refractivity contribution < 1.29 is 4.74 Å². The summed E-state index contributed by atoms with van der Waals surface area (Å²) in [4.78, 5) is 0. The second-order valence-corrected chi connectivity index (χ2v) is 11.9. The molecule has 0 radical (unpaired) electrons. The van der Waals surface area contributed by atoms with Gasteiger partial charge in [-0.15, -0.1) is 0 Å². The van der Waals surface area contributed by atoms with E-state index in [4.69, 9.17) is 4.74 Å². The van der Waals surface area contributed by atoms with Gasteiger partial charge in [-0.05, 0) is 42.0 Å². The van der Waals surface area contributed by atoms with E-state index in [1.807, 2.05) is 0 Å². The molecular weight excluding hydrogens is 332 g/mol. The van der Waals surface area contributed by atoms with Gasteiger partial charge < -0.3 is 4.74 Å². The van der Waals surface area contributed by atoms with Crippen LogP contribution >= 0.6 is 0 Å². The highest BCUT2D eigenvalue weighted by molar-refractivity contribution is 7.01. The normalized spacial score (nSPS) is 19.2. The molecule has 4 rings (SSSR count). The number of ether oxygens (including phenoxy) is 1. The summed E-state index contributed by atoms with van der Waals surface area (Å²) in [5.74, 6) is 2.44. The molecule has 132 valence electrons. The van der Waals surface area contributed by atoms with Crippen LogP contribution in [0.2, 0.25) is 12.6 Å². The van der Waals surface area contributed by atoms with Crippen LogP contribution in [0.4, 0.5) is 0 Å². The summed E-state index contributed by atoms with van der Waals surface area (Å²) in [5, 5.41) is 3.10. The Morgan fingerprint density at radius 3 is 1.85 bits per heavy atom. The van der Waals surface area contributed by atoms with Crippen molar-refractivity contribution in [3.05, 3.63) is 90.5 Å². The summed E-state index contributed by atoms with van der Waals surface area (Å²) in [6, 6.07) is 32.4. The molecule has 1 aliphatic carbocycles. The van der Waals surface area contributed by atoms with E-state index >= 15 is 0 Å². The van der Waals surface area contributed by atoms with E-state index in [0.29, 0.717) is 5.92 Å². The van der Waals surface area contributed by atoms with E-state index in [1.54, 1.807) is 17.5 Å². The molecule has 0 aromatic heterocycles. The Morgan fingerprint density at radius 2 is 1.35 bits per heavy atom. The highest BCUT2D eigenvalue weighted by Crippen LogP contribution is 2.51. The molecule has 0 unspecified atom stereocenters. The van der Waals surface area contributed by atoms with Gasteiger partial charge in [-0.25, -0.2) is 0 Å². The maximum Gasteiger partial charge on any atom is 0.118 e. The van der Waals surface area contributed by atoms with E-state index < -0.39 is 8.07 Å². The van der Waals surface area contributed by atoms with E-state index in [1.165, 1.54) is 18.0 Å². The number of rotatable bonds is 6. The summed E-state index contributed by atoms with van der Waals surface area (Å²) >= 11 is 0. The van der Waals surface area contributed by atoms with Crippen LogP contribution in [0.1, 0.15) is 17.9 Å². The topological polar surface area (TPSA) is 9.23 Å². The largest absolute Gasteiger partial charge is 0.497 e. The Labute approximate surface area is 157 Å². The van der Waals surface area contributed by atoms with Crippen LogP contribution in [0, 0.1) is 5.92 Å².